The van der Waals surface area contributed by atoms with Gasteiger partial charge in [0.2, 0.25) is 0 Å². The molecule has 0 aliphatic heterocycles. The number of carbonyl (C=O) groups excluding carboxylic acids is 1. The van der Waals surface area contributed by atoms with E-state index in [1.807, 2.05) is 0 Å². The maximum atomic E-state index is 10.5. The van der Waals surface area contributed by atoms with Gasteiger partial charge in [-0.2, -0.15) is 0 Å². The van der Waals surface area contributed by atoms with Crippen molar-refractivity contribution in [3.05, 3.63) is 11.3 Å². The van der Waals surface area contributed by atoms with Gasteiger partial charge in [0.1, 0.15) is 6.61 Å². The lowest BCUT2D eigenvalue weighted by Gasteiger charge is -2.05. The quantitative estimate of drug-likeness (QED) is 0.486. The number of aliphatic carboxylic acids is 1. The van der Waals surface area contributed by atoms with Crippen LogP contribution in [0.2, 0.25) is 0 Å². The first-order valence-electron chi connectivity index (χ1n) is 3.83. The predicted octanol–water partition coefficient (Wildman–Crippen LogP) is 0.257. The van der Waals surface area contributed by atoms with E-state index in [0.717, 1.165) is 0 Å². The molecular weight excluding hydrogens is 174 g/mol. The van der Waals surface area contributed by atoms with E-state index in [1.165, 1.54) is 6.92 Å². The van der Waals surface area contributed by atoms with Crippen molar-refractivity contribution in [2.45, 2.75) is 20.3 Å². The fourth-order valence-electron chi connectivity index (χ4n) is 0.782. The fourth-order valence-corrected chi connectivity index (χ4v) is 0.782. The zero-order chi connectivity index (χ0) is 10.4. The molecule has 0 amide bonds. The Balaban J connectivity index is 4.39. The summed E-state index contributed by atoms with van der Waals surface area (Å²) in [5, 5.41) is 8.63. The lowest BCUT2D eigenvalue weighted by Crippen LogP contribution is -2.16. The van der Waals surface area contributed by atoms with Gasteiger partial charge in [-0.15, -0.1) is 0 Å². The van der Waals surface area contributed by atoms with Crippen molar-refractivity contribution in [1.29, 1.82) is 0 Å². The summed E-state index contributed by atoms with van der Waals surface area (Å²) in [6.07, 6.45) is 0.308. The smallest absolute Gasteiger partial charge is 0.333 e. The van der Waals surface area contributed by atoms with Gasteiger partial charge in [-0.25, -0.2) is 4.79 Å². The molecule has 0 rings (SSSR count). The van der Waals surface area contributed by atoms with Crippen LogP contribution in [0.15, 0.2) is 11.3 Å². The van der Waals surface area contributed by atoms with Gasteiger partial charge < -0.3 is 15.6 Å². The molecule has 0 aromatic carbocycles. The average molecular weight is 187 g/mol. The van der Waals surface area contributed by atoms with Crippen LogP contribution in [-0.4, -0.2) is 23.7 Å². The van der Waals surface area contributed by atoms with Gasteiger partial charge in [0.15, 0.2) is 0 Å². The largest absolute Gasteiger partial charge is 0.478 e. The number of hydrogen-bond donors (Lipinski definition) is 2. The maximum absolute atomic E-state index is 10.5. The minimum atomic E-state index is -1.08. The van der Waals surface area contributed by atoms with Crippen LogP contribution in [-0.2, 0) is 14.3 Å². The standard InChI is InChI=1S/C8H13NO4/c1-3-6(8(11)12)7(9)4-13-5(2)10/h3-4,9H2,1-2H3,(H,11,12)/b7-6-. The number of ether oxygens (including phenoxy) is 1. The predicted molar refractivity (Wildman–Crippen MR) is 45.8 cm³/mol. The molecule has 0 atom stereocenters. The van der Waals surface area contributed by atoms with Crippen molar-refractivity contribution in [3.8, 4) is 0 Å². The number of carboxylic acids is 1. The molecule has 5 nitrogen and oxygen atoms in total. The lowest BCUT2D eigenvalue weighted by molar-refractivity contribution is -0.140. The van der Waals surface area contributed by atoms with Crippen LogP contribution in [0.4, 0.5) is 0 Å². The van der Waals surface area contributed by atoms with E-state index in [-0.39, 0.29) is 17.9 Å². The summed E-state index contributed by atoms with van der Waals surface area (Å²) in [6.45, 7) is 2.74. The Morgan fingerprint density at radius 1 is 1.46 bits per heavy atom. The molecule has 0 radical (unpaired) electrons. The van der Waals surface area contributed by atoms with Crippen LogP contribution >= 0.6 is 0 Å². The summed E-state index contributed by atoms with van der Waals surface area (Å²) < 4.78 is 4.55. The number of rotatable bonds is 4. The molecule has 3 N–H and O–H groups in total. The zero-order valence-corrected chi connectivity index (χ0v) is 7.66. The molecule has 0 fully saturated rings. The molecule has 0 aromatic rings. The van der Waals surface area contributed by atoms with E-state index in [1.54, 1.807) is 6.92 Å². The van der Waals surface area contributed by atoms with Gasteiger partial charge >= 0.3 is 11.9 Å². The number of esters is 1. The van der Waals surface area contributed by atoms with Gasteiger partial charge in [-0.3, -0.25) is 4.79 Å². The van der Waals surface area contributed by atoms with Gasteiger partial charge in [-0.05, 0) is 6.42 Å². The average Bonchev–Trinajstić information content (AvgIpc) is 2.01. The molecule has 13 heavy (non-hydrogen) atoms. The Bertz CT molecular complexity index is 245. The Labute approximate surface area is 76.2 Å². The van der Waals surface area contributed by atoms with Gasteiger partial charge in [0.25, 0.3) is 0 Å². The molecular formula is C8H13NO4. The van der Waals surface area contributed by atoms with E-state index in [0.29, 0.717) is 6.42 Å². The van der Waals surface area contributed by atoms with E-state index in [4.69, 9.17) is 10.8 Å². The Morgan fingerprint density at radius 2 is 2.00 bits per heavy atom. The third kappa shape index (κ3) is 4.15. The van der Waals surface area contributed by atoms with E-state index >= 15 is 0 Å². The monoisotopic (exact) mass is 187 g/mol. The fraction of sp³-hybridized carbons (Fsp3) is 0.500. The highest BCUT2D eigenvalue weighted by molar-refractivity contribution is 5.87. The molecule has 0 bridgehead atoms. The van der Waals surface area contributed by atoms with Gasteiger partial charge in [-0.1, -0.05) is 6.92 Å². The SMILES string of the molecule is CC/C(C(=O)O)=C(/N)COC(C)=O. The molecule has 0 aliphatic carbocycles. The number of hydrogen-bond acceptors (Lipinski definition) is 4. The summed E-state index contributed by atoms with van der Waals surface area (Å²) in [7, 11) is 0. The molecule has 0 aliphatic rings. The Hall–Kier alpha value is -1.52. The van der Waals surface area contributed by atoms with Crippen molar-refractivity contribution >= 4 is 11.9 Å². The van der Waals surface area contributed by atoms with Crippen LogP contribution in [0.5, 0.6) is 0 Å². The Kier molecular flexibility index (Phi) is 4.58. The summed E-state index contributed by atoms with van der Waals surface area (Å²) in [4.78, 5) is 20.9. The first kappa shape index (κ1) is 11.5. The second-order valence-corrected chi connectivity index (χ2v) is 2.44. The summed E-state index contributed by atoms with van der Waals surface area (Å²) in [5.41, 5.74) is 5.57. The van der Waals surface area contributed by atoms with Crippen molar-refractivity contribution in [2.75, 3.05) is 6.61 Å². The molecule has 0 heterocycles. The molecule has 5 heteroatoms. The van der Waals surface area contributed by atoms with Crippen molar-refractivity contribution in [2.24, 2.45) is 5.73 Å². The van der Waals surface area contributed by atoms with Crippen LogP contribution < -0.4 is 5.73 Å². The normalized spacial score (nSPS) is 11.8. The number of carbonyl (C=O) groups is 2. The molecule has 0 unspecified atom stereocenters. The summed E-state index contributed by atoms with van der Waals surface area (Å²) >= 11 is 0. The number of nitrogens with two attached hydrogens (primary N) is 1. The van der Waals surface area contributed by atoms with Gasteiger partial charge in [0.05, 0.1) is 11.3 Å². The van der Waals surface area contributed by atoms with Crippen LogP contribution in [0.25, 0.3) is 0 Å². The van der Waals surface area contributed by atoms with Crippen LogP contribution in [0, 0.1) is 0 Å². The topological polar surface area (TPSA) is 89.6 Å². The molecule has 0 saturated carbocycles. The van der Waals surface area contributed by atoms with Gasteiger partial charge in [0, 0.05) is 6.92 Å². The summed E-state index contributed by atoms with van der Waals surface area (Å²) in [5.74, 6) is -1.56. The second-order valence-electron chi connectivity index (χ2n) is 2.44. The number of carboxylic acid groups (broad SMARTS) is 1. The van der Waals surface area contributed by atoms with E-state index in [9.17, 15) is 9.59 Å². The lowest BCUT2D eigenvalue weighted by atomic mass is 10.1. The maximum Gasteiger partial charge on any atom is 0.333 e. The van der Waals surface area contributed by atoms with Crippen molar-refractivity contribution in [1.82, 2.24) is 0 Å². The zero-order valence-electron chi connectivity index (χ0n) is 7.66. The van der Waals surface area contributed by atoms with Crippen molar-refractivity contribution < 1.29 is 19.4 Å². The van der Waals surface area contributed by atoms with Crippen LogP contribution in [0.1, 0.15) is 20.3 Å². The molecule has 0 spiro atoms. The summed E-state index contributed by atoms with van der Waals surface area (Å²) in [6, 6.07) is 0. The minimum absolute atomic E-state index is 0.0845. The molecule has 0 aromatic heterocycles. The van der Waals surface area contributed by atoms with Crippen LogP contribution in [0.3, 0.4) is 0 Å². The second kappa shape index (κ2) is 5.18. The Morgan fingerprint density at radius 3 is 2.31 bits per heavy atom. The highest BCUT2D eigenvalue weighted by atomic mass is 16.5. The minimum Gasteiger partial charge on any atom is -0.478 e. The highest BCUT2D eigenvalue weighted by Crippen LogP contribution is 2.04. The third-order valence-corrected chi connectivity index (χ3v) is 1.43. The molecule has 74 valence electrons. The third-order valence-electron chi connectivity index (χ3n) is 1.43. The van der Waals surface area contributed by atoms with Crippen molar-refractivity contribution in [3.63, 3.8) is 0 Å². The van der Waals surface area contributed by atoms with E-state index < -0.39 is 11.9 Å². The first-order chi connectivity index (χ1) is 5.99. The first-order valence-corrected chi connectivity index (χ1v) is 3.83. The highest BCUT2D eigenvalue weighted by Gasteiger charge is 2.10. The molecule has 0 saturated heterocycles. The van der Waals surface area contributed by atoms with E-state index in [2.05, 4.69) is 4.74 Å².